The fourth-order valence-corrected chi connectivity index (χ4v) is 1.71. The Bertz CT molecular complexity index is 538. The fraction of sp³-hybridized carbons (Fsp3) is 0.0909. The van der Waals surface area contributed by atoms with Gasteiger partial charge in [0.25, 0.3) is 0 Å². The van der Waals surface area contributed by atoms with Gasteiger partial charge in [0.1, 0.15) is 0 Å². The van der Waals surface area contributed by atoms with Gasteiger partial charge in [-0.2, -0.15) is 13.2 Å². The minimum atomic E-state index is -4.40. The maximum Gasteiger partial charge on any atom is 0.417 e. The van der Waals surface area contributed by atoms with Gasteiger partial charge in [0, 0.05) is 16.8 Å². The summed E-state index contributed by atoms with van der Waals surface area (Å²) in [5.41, 5.74) is 11.0. The Labute approximate surface area is 89.7 Å². The lowest BCUT2D eigenvalue weighted by Crippen LogP contribution is -2.07. The number of hydrogen-bond donors (Lipinski definition) is 2. The van der Waals surface area contributed by atoms with Crippen LogP contribution in [0, 0.1) is 0 Å². The third kappa shape index (κ3) is 1.54. The van der Waals surface area contributed by atoms with E-state index in [-0.39, 0.29) is 22.1 Å². The van der Waals surface area contributed by atoms with Crippen LogP contribution in [-0.4, -0.2) is 0 Å². The summed E-state index contributed by atoms with van der Waals surface area (Å²) < 4.78 is 38.1. The first-order valence-electron chi connectivity index (χ1n) is 4.55. The molecule has 0 aliphatic heterocycles. The standard InChI is InChI=1S/C11H9F3N2/c12-11(13,14)7-4-5-9(16)10-6(7)2-1-3-8(10)15/h1-5H,15-16H2. The molecule has 0 heterocycles. The Morgan fingerprint density at radius 2 is 1.50 bits per heavy atom. The molecule has 0 radical (unpaired) electrons. The van der Waals surface area contributed by atoms with Crippen LogP contribution in [0.15, 0.2) is 30.3 Å². The molecule has 2 aromatic rings. The molecule has 0 bridgehead atoms. The van der Waals surface area contributed by atoms with Crippen LogP contribution in [0.3, 0.4) is 0 Å². The molecule has 4 N–H and O–H groups in total. The van der Waals surface area contributed by atoms with Gasteiger partial charge >= 0.3 is 6.18 Å². The van der Waals surface area contributed by atoms with E-state index < -0.39 is 11.7 Å². The van der Waals surface area contributed by atoms with Crippen molar-refractivity contribution >= 4 is 22.1 Å². The summed E-state index contributed by atoms with van der Waals surface area (Å²) in [6.07, 6.45) is -4.40. The van der Waals surface area contributed by atoms with E-state index in [1.165, 1.54) is 24.3 Å². The van der Waals surface area contributed by atoms with Gasteiger partial charge in [-0.3, -0.25) is 0 Å². The molecule has 0 aliphatic rings. The highest BCUT2D eigenvalue weighted by Crippen LogP contribution is 2.38. The molecule has 0 aromatic heterocycles. The molecule has 0 saturated heterocycles. The van der Waals surface area contributed by atoms with E-state index in [2.05, 4.69) is 0 Å². The summed E-state index contributed by atoms with van der Waals surface area (Å²) in [7, 11) is 0. The largest absolute Gasteiger partial charge is 0.417 e. The molecule has 0 atom stereocenters. The minimum absolute atomic E-state index is 0.0347. The van der Waals surface area contributed by atoms with Crippen molar-refractivity contribution in [2.24, 2.45) is 0 Å². The lowest BCUT2D eigenvalue weighted by Gasteiger charge is -2.13. The van der Waals surface area contributed by atoms with Gasteiger partial charge in [-0.1, -0.05) is 12.1 Å². The van der Waals surface area contributed by atoms with Crippen molar-refractivity contribution < 1.29 is 13.2 Å². The van der Waals surface area contributed by atoms with Crippen LogP contribution < -0.4 is 11.5 Å². The van der Waals surface area contributed by atoms with Crippen LogP contribution in [0.5, 0.6) is 0 Å². The summed E-state index contributed by atoms with van der Waals surface area (Å²) in [4.78, 5) is 0. The van der Waals surface area contributed by atoms with Crippen molar-refractivity contribution in [3.8, 4) is 0 Å². The topological polar surface area (TPSA) is 52.0 Å². The van der Waals surface area contributed by atoms with E-state index in [4.69, 9.17) is 11.5 Å². The first-order valence-corrected chi connectivity index (χ1v) is 4.55. The third-order valence-electron chi connectivity index (χ3n) is 2.41. The zero-order valence-corrected chi connectivity index (χ0v) is 8.18. The van der Waals surface area contributed by atoms with Gasteiger partial charge in [-0.15, -0.1) is 0 Å². The van der Waals surface area contributed by atoms with E-state index in [9.17, 15) is 13.2 Å². The average molecular weight is 226 g/mol. The van der Waals surface area contributed by atoms with Crippen LogP contribution in [0.25, 0.3) is 10.8 Å². The summed E-state index contributed by atoms with van der Waals surface area (Å²) in [6.45, 7) is 0. The van der Waals surface area contributed by atoms with Crippen LogP contribution in [-0.2, 0) is 6.18 Å². The van der Waals surface area contributed by atoms with E-state index in [1.807, 2.05) is 0 Å². The van der Waals surface area contributed by atoms with Gasteiger partial charge in [-0.25, -0.2) is 0 Å². The average Bonchev–Trinajstić information content (AvgIpc) is 2.16. The Morgan fingerprint density at radius 3 is 2.12 bits per heavy atom. The molecule has 0 spiro atoms. The number of nitrogens with two attached hydrogens (primary N) is 2. The fourth-order valence-electron chi connectivity index (χ4n) is 1.71. The maximum absolute atomic E-state index is 12.7. The molecule has 2 aromatic carbocycles. The van der Waals surface area contributed by atoms with Crippen molar-refractivity contribution in [1.29, 1.82) is 0 Å². The number of alkyl halides is 3. The van der Waals surface area contributed by atoms with Crippen molar-refractivity contribution in [3.05, 3.63) is 35.9 Å². The smallest absolute Gasteiger partial charge is 0.398 e. The summed E-state index contributed by atoms with van der Waals surface area (Å²) in [5, 5.41) is 0.296. The van der Waals surface area contributed by atoms with Gasteiger partial charge in [0.2, 0.25) is 0 Å². The molecule has 5 heteroatoms. The van der Waals surface area contributed by atoms with Crippen LogP contribution >= 0.6 is 0 Å². The molecular weight excluding hydrogens is 217 g/mol. The van der Waals surface area contributed by atoms with E-state index in [0.29, 0.717) is 0 Å². The number of nitrogen functional groups attached to an aromatic ring is 2. The van der Waals surface area contributed by atoms with Crippen LogP contribution in [0.4, 0.5) is 24.5 Å². The highest BCUT2D eigenvalue weighted by atomic mass is 19.4. The van der Waals surface area contributed by atoms with E-state index in [1.54, 1.807) is 0 Å². The second-order valence-corrected chi connectivity index (χ2v) is 3.47. The van der Waals surface area contributed by atoms with Gasteiger partial charge < -0.3 is 11.5 Å². The number of halogens is 3. The van der Waals surface area contributed by atoms with Gasteiger partial charge in [-0.05, 0) is 23.6 Å². The molecule has 2 nitrogen and oxygen atoms in total. The number of fused-ring (bicyclic) bond motifs is 1. The third-order valence-corrected chi connectivity index (χ3v) is 2.41. The van der Waals surface area contributed by atoms with Crippen LogP contribution in [0.2, 0.25) is 0 Å². The minimum Gasteiger partial charge on any atom is -0.398 e. The summed E-state index contributed by atoms with van der Waals surface area (Å²) >= 11 is 0. The van der Waals surface area contributed by atoms with Crippen molar-refractivity contribution in [2.75, 3.05) is 11.5 Å². The SMILES string of the molecule is Nc1cccc2c(C(F)(F)F)ccc(N)c12. The Morgan fingerprint density at radius 1 is 0.875 bits per heavy atom. The number of hydrogen-bond acceptors (Lipinski definition) is 2. The van der Waals surface area contributed by atoms with Crippen molar-refractivity contribution in [2.45, 2.75) is 6.18 Å². The van der Waals surface area contributed by atoms with E-state index in [0.717, 1.165) is 6.07 Å². The molecule has 0 saturated carbocycles. The van der Waals surface area contributed by atoms with Crippen LogP contribution in [0.1, 0.15) is 5.56 Å². The number of benzene rings is 2. The first-order chi connectivity index (χ1) is 7.41. The molecular formula is C11H9F3N2. The first kappa shape index (κ1) is 10.6. The summed E-state index contributed by atoms with van der Waals surface area (Å²) in [5.74, 6) is 0. The molecule has 84 valence electrons. The summed E-state index contributed by atoms with van der Waals surface area (Å²) in [6, 6.07) is 6.56. The molecule has 0 amide bonds. The Hall–Kier alpha value is -1.91. The zero-order chi connectivity index (χ0) is 11.9. The van der Waals surface area contributed by atoms with Gasteiger partial charge in [0.15, 0.2) is 0 Å². The number of anilines is 2. The molecule has 0 fully saturated rings. The molecule has 2 rings (SSSR count). The highest BCUT2D eigenvalue weighted by Gasteiger charge is 2.32. The second-order valence-electron chi connectivity index (χ2n) is 3.47. The number of rotatable bonds is 0. The van der Waals surface area contributed by atoms with E-state index >= 15 is 0 Å². The Kier molecular flexibility index (Phi) is 2.18. The lowest BCUT2D eigenvalue weighted by molar-refractivity contribution is -0.136. The molecule has 0 aliphatic carbocycles. The van der Waals surface area contributed by atoms with Crippen molar-refractivity contribution in [1.82, 2.24) is 0 Å². The molecule has 0 unspecified atom stereocenters. The van der Waals surface area contributed by atoms with Crippen molar-refractivity contribution in [3.63, 3.8) is 0 Å². The Balaban J connectivity index is 2.90. The quantitative estimate of drug-likeness (QED) is 0.678. The maximum atomic E-state index is 12.7. The second kappa shape index (κ2) is 3.30. The van der Waals surface area contributed by atoms with Gasteiger partial charge in [0.05, 0.1) is 5.56 Å². The zero-order valence-electron chi connectivity index (χ0n) is 8.18. The predicted octanol–water partition coefficient (Wildman–Crippen LogP) is 3.02. The predicted molar refractivity (Wildman–Crippen MR) is 57.8 cm³/mol. The normalized spacial score (nSPS) is 11.9. The molecule has 16 heavy (non-hydrogen) atoms. The lowest BCUT2D eigenvalue weighted by atomic mass is 10.0. The highest BCUT2D eigenvalue weighted by molar-refractivity contribution is 6.03. The monoisotopic (exact) mass is 226 g/mol.